The first-order chi connectivity index (χ1) is 10.2. The average Bonchev–Trinajstić information content (AvgIpc) is 3.04. The standard InChI is InChI=1S/C17H18Cl2N2/c18-15-4-3-5-16(17(15)19)20-12-13-6-8-14(9-7-13)21-10-1-2-11-21/h3-9,20H,1-2,10-12H2. The number of hydrogen-bond acceptors (Lipinski definition) is 2. The van der Waals surface area contributed by atoms with Crippen LogP contribution in [0, 0.1) is 0 Å². The molecule has 1 fully saturated rings. The van der Waals surface area contributed by atoms with E-state index in [0.29, 0.717) is 10.0 Å². The van der Waals surface area contributed by atoms with Crippen LogP contribution in [-0.2, 0) is 6.54 Å². The van der Waals surface area contributed by atoms with Gasteiger partial charge < -0.3 is 10.2 Å². The van der Waals surface area contributed by atoms with Crippen LogP contribution in [0.2, 0.25) is 10.0 Å². The summed E-state index contributed by atoms with van der Waals surface area (Å²) >= 11 is 12.2. The second kappa shape index (κ2) is 6.59. The summed E-state index contributed by atoms with van der Waals surface area (Å²) < 4.78 is 0. The van der Waals surface area contributed by atoms with Gasteiger partial charge in [0.15, 0.2) is 0 Å². The van der Waals surface area contributed by atoms with E-state index >= 15 is 0 Å². The third-order valence-electron chi connectivity index (χ3n) is 3.84. The van der Waals surface area contributed by atoms with Crippen LogP contribution in [0.15, 0.2) is 42.5 Å². The lowest BCUT2D eigenvalue weighted by molar-refractivity contribution is 0.949. The van der Waals surface area contributed by atoms with Gasteiger partial charge in [-0.2, -0.15) is 0 Å². The summed E-state index contributed by atoms with van der Waals surface area (Å²) in [5.41, 5.74) is 3.42. The van der Waals surface area contributed by atoms with E-state index in [1.807, 2.05) is 12.1 Å². The maximum absolute atomic E-state index is 6.17. The highest BCUT2D eigenvalue weighted by atomic mass is 35.5. The van der Waals surface area contributed by atoms with Crippen molar-refractivity contribution in [2.24, 2.45) is 0 Å². The van der Waals surface area contributed by atoms with Gasteiger partial charge >= 0.3 is 0 Å². The summed E-state index contributed by atoms with van der Waals surface area (Å²) in [5.74, 6) is 0. The predicted octanol–water partition coefficient (Wildman–Crippen LogP) is 5.21. The van der Waals surface area contributed by atoms with Crippen molar-refractivity contribution in [1.82, 2.24) is 0 Å². The topological polar surface area (TPSA) is 15.3 Å². The van der Waals surface area contributed by atoms with Crippen molar-refractivity contribution >= 4 is 34.6 Å². The van der Waals surface area contributed by atoms with E-state index in [4.69, 9.17) is 23.2 Å². The summed E-state index contributed by atoms with van der Waals surface area (Å²) in [6, 6.07) is 14.3. The third kappa shape index (κ3) is 3.45. The zero-order chi connectivity index (χ0) is 14.7. The number of benzene rings is 2. The predicted molar refractivity (Wildman–Crippen MR) is 91.7 cm³/mol. The fourth-order valence-corrected chi connectivity index (χ4v) is 3.00. The molecule has 21 heavy (non-hydrogen) atoms. The Hall–Kier alpha value is -1.38. The minimum Gasteiger partial charge on any atom is -0.380 e. The Morgan fingerprint density at radius 3 is 2.38 bits per heavy atom. The van der Waals surface area contributed by atoms with Crippen molar-refractivity contribution in [3.8, 4) is 0 Å². The maximum Gasteiger partial charge on any atom is 0.0823 e. The number of halogens is 2. The lowest BCUT2D eigenvalue weighted by atomic mass is 10.2. The van der Waals surface area contributed by atoms with Crippen LogP contribution in [-0.4, -0.2) is 13.1 Å². The van der Waals surface area contributed by atoms with Crippen molar-refractivity contribution in [3.63, 3.8) is 0 Å². The third-order valence-corrected chi connectivity index (χ3v) is 4.66. The number of hydrogen-bond donors (Lipinski definition) is 1. The highest BCUT2D eigenvalue weighted by Gasteiger charge is 2.11. The fraction of sp³-hybridized carbons (Fsp3) is 0.294. The molecule has 0 saturated carbocycles. The Labute approximate surface area is 135 Å². The van der Waals surface area contributed by atoms with Crippen LogP contribution in [0.25, 0.3) is 0 Å². The van der Waals surface area contributed by atoms with Crippen LogP contribution in [0.4, 0.5) is 11.4 Å². The van der Waals surface area contributed by atoms with Crippen molar-refractivity contribution in [2.45, 2.75) is 19.4 Å². The molecule has 1 saturated heterocycles. The zero-order valence-electron chi connectivity index (χ0n) is 11.8. The second-order valence-electron chi connectivity index (χ2n) is 5.32. The lowest BCUT2D eigenvalue weighted by Gasteiger charge is -2.18. The van der Waals surface area contributed by atoms with Gasteiger partial charge in [-0.1, -0.05) is 41.4 Å². The Bertz CT molecular complexity index is 605. The molecule has 0 unspecified atom stereocenters. The molecule has 0 radical (unpaired) electrons. The van der Waals surface area contributed by atoms with Crippen LogP contribution >= 0.6 is 23.2 Å². The minimum atomic E-state index is 0.575. The van der Waals surface area contributed by atoms with Crippen molar-refractivity contribution in [3.05, 3.63) is 58.1 Å². The van der Waals surface area contributed by atoms with E-state index in [1.54, 1.807) is 6.07 Å². The molecular formula is C17H18Cl2N2. The summed E-state index contributed by atoms with van der Waals surface area (Å²) in [6.07, 6.45) is 2.60. The highest BCUT2D eigenvalue weighted by molar-refractivity contribution is 6.43. The molecule has 2 aromatic rings. The fourth-order valence-electron chi connectivity index (χ4n) is 2.64. The molecule has 0 aromatic heterocycles. The van der Waals surface area contributed by atoms with Gasteiger partial charge in [-0.15, -0.1) is 0 Å². The molecule has 0 amide bonds. The molecule has 1 N–H and O–H groups in total. The molecule has 0 atom stereocenters. The van der Waals surface area contributed by atoms with Crippen LogP contribution in [0.1, 0.15) is 18.4 Å². The van der Waals surface area contributed by atoms with Gasteiger partial charge in [-0.05, 0) is 42.7 Å². The summed E-state index contributed by atoms with van der Waals surface area (Å²) in [6.45, 7) is 3.09. The summed E-state index contributed by atoms with van der Waals surface area (Å²) in [5, 5.41) is 4.48. The smallest absolute Gasteiger partial charge is 0.0823 e. The summed E-state index contributed by atoms with van der Waals surface area (Å²) in [7, 11) is 0. The van der Waals surface area contributed by atoms with Gasteiger partial charge in [0.25, 0.3) is 0 Å². The first kappa shape index (κ1) is 14.6. The first-order valence-electron chi connectivity index (χ1n) is 7.26. The molecule has 1 aliphatic rings. The van der Waals surface area contributed by atoms with Gasteiger partial charge in [0.1, 0.15) is 0 Å². The van der Waals surface area contributed by atoms with E-state index in [1.165, 1.54) is 37.2 Å². The molecule has 4 heteroatoms. The minimum absolute atomic E-state index is 0.575. The maximum atomic E-state index is 6.17. The van der Waals surface area contributed by atoms with E-state index in [2.05, 4.69) is 34.5 Å². The molecule has 3 rings (SSSR count). The van der Waals surface area contributed by atoms with E-state index in [-0.39, 0.29) is 0 Å². The van der Waals surface area contributed by atoms with Gasteiger partial charge in [0, 0.05) is 25.3 Å². The lowest BCUT2D eigenvalue weighted by Crippen LogP contribution is -2.17. The SMILES string of the molecule is Clc1cccc(NCc2ccc(N3CCCC3)cc2)c1Cl. The number of nitrogens with one attached hydrogen (secondary N) is 1. The molecule has 110 valence electrons. The molecule has 2 aromatic carbocycles. The Morgan fingerprint density at radius 1 is 0.952 bits per heavy atom. The van der Waals surface area contributed by atoms with E-state index in [9.17, 15) is 0 Å². The monoisotopic (exact) mass is 320 g/mol. The summed E-state index contributed by atoms with van der Waals surface area (Å²) in [4.78, 5) is 2.44. The van der Waals surface area contributed by atoms with Crippen molar-refractivity contribution in [2.75, 3.05) is 23.3 Å². The van der Waals surface area contributed by atoms with Gasteiger partial charge in [0.2, 0.25) is 0 Å². The van der Waals surface area contributed by atoms with Crippen LogP contribution < -0.4 is 10.2 Å². The molecule has 0 aliphatic carbocycles. The van der Waals surface area contributed by atoms with Crippen molar-refractivity contribution < 1.29 is 0 Å². The quantitative estimate of drug-likeness (QED) is 0.832. The van der Waals surface area contributed by atoms with Gasteiger partial charge in [-0.25, -0.2) is 0 Å². The molecule has 1 aliphatic heterocycles. The molecular weight excluding hydrogens is 303 g/mol. The number of anilines is 2. The van der Waals surface area contributed by atoms with Gasteiger partial charge in [0.05, 0.1) is 15.7 Å². The van der Waals surface area contributed by atoms with Gasteiger partial charge in [-0.3, -0.25) is 0 Å². The van der Waals surface area contributed by atoms with E-state index < -0.39 is 0 Å². The van der Waals surface area contributed by atoms with Crippen molar-refractivity contribution in [1.29, 1.82) is 0 Å². The zero-order valence-corrected chi connectivity index (χ0v) is 13.3. The average molecular weight is 321 g/mol. The highest BCUT2D eigenvalue weighted by Crippen LogP contribution is 2.30. The molecule has 2 nitrogen and oxygen atoms in total. The van der Waals surface area contributed by atoms with E-state index in [0.717, 1.165) is 12.2 Å². The van der Waals surface area contributed by atoms with Crippen LogP contribution in [0.5, 0.6) is 0 Å². The largest absolute Gasteiger partial charge is 0.380 e. The first-order valence-corrected chi connectivity index (χ1v) is 8.01. The Balaban J connectivity index is 1.64. The van der Waals surface area contributed by atoms with Crippen LogP contribution in [0.3, 0.4) is 0 Å². The molecule has 1 heterocycles. The molecule has 0 bridgehead atoms. The number of rotatable bonds is 4. The Kier molecular flexibility index (Phi) is 4.57. The Morgan fingerprint density at radius 2 is 1.67 bits per heavy atom. The number of nitrogens with zero attached hydrogens (tertiary/aromatic N) is 1. The second-order valence-corrected chi connectivity index (χ2v) is 6.10. The normalized spacial score (nSPS) is 14.5. The molecule has 0 spiro atoms.